The molecule has 122 valence electrons. The van der Waals surface area contributed by atoms with Gasteiger partial charge in [0.25, 0.3) is 5.91 Å². The Bertz CT molecular complexity index is 1160. The molecule has 1 heterocycles. The summed E-state index contributed by atoms with van der Waals surface area (Å²) in [5, 5.41) is 4.17. The van der Waals surface area contributed by atoms with Crippen LogP contribution in [0.5, 0.6) is 0 Å². The lowest BCUT2D eigenvalue weighted by Gasteiger charge is -2.09. The van der Waals surface area contributed by atoms with Crippen LogP contribution in [-0.4, -0.2) is 5.91 Å². The van der Waals surface area contributed by atoms with Gasteiger partial charge in [-0.3, -0.25) is 9.59 Å². The predicted molar refractivity (Wildman–Crippen MR) is 105 cm³/mol. The Labute approximate surface area is 148 Å². The van der Waals surface area contributed by atoms with Crippen LogP contribution in [0.1, 0.15) is 15.9 Å². The molecule has 25 heavy (non-hydrogen) atoms. The summed E-state index contributed by atoms with van der Waals surface area (Å²) in [5.74, 6) is -0.205. The maximum atomic E-state index is 12.8. The van der Waals surface area contributed by atoms with E-state index in [1.54, 1.807) is 17.4 Å². The molecule has 0 saturated heterocycles. The zero-order valence-corrected chi connectivity index (χ0v) is 14.4. The van der Waals surface area contributed by atoms with Gasteiger partial charge in [-0.25, -0.2) is 0 Å². The largest absolute Gasteiger partial charge is 0.322 e. The summed E-state index contributed by atoms with van der Waals surface area (Å²) in [6.45, 7) is 1.89. The molecule has 4 heteroatoms. The Morgan fingerprint density at radius 2 is 1.60 bits per heavy atom. The predicted octanol–water partition coefficient (Wildman–Crippen LogP) is 4.98. The first-order valence-electron chi connectivity index (χ1n) is 7.96. The number of carbonyl (C=O) groups is 1. The van der Waals surface area contributed by atoms with E-state index in [0.29, 0.717) is 16.3 Å². The Kier molecular flexibility index (Phi) is 3.82. The second kappa shape index (κ2) is 6.15. The maximum Gasteiger partial charge on any atom is 0.255 e. The number of benzene rings is 3. The molecule has 1 amide bonds. The number of anilines is 1. The smallest absolute Gasteiger partial charge is 0.255 e. The van der Waals surface area contributed by atoms with Crippen molar-refractivity contribution in [1.82, 2.24) is 0 Å². The molecule has 0 spiro atoms. The van der Waals surface area contributed by atoms with E-state index in [-0.39, 0.29) is 11.3 Å². The van der Waals surface area contributed by atoms with E-state index in [9.17, 15) is 9.59 Å². The van der Waals surface area contributed by atoms with Gasteiger partial charge < -0.3 is 5.32 Å². The SMILES string of the molecule is Cc1cc2sc3ccccc3c(=O)c2cc1C(=O)Nc1ccccc1. The van der Waals surface area contributed by atoms with Crippen molar-refractivity contribution < 1.29 is 4.79 Å². The van der Waals surface area contributed by atoms with E-state index in [0.717, 1.165) is 20.7 Å². The molecule has 0 radical (unpaired) electrons. The molecule has 0 atom stereocenters. The first-order chi connectivity index (χ1) is 12.1. The molecule has 4 aromatic rings. The highest BCUT2D eigenvalue weighted by Gasteiger charge is 2.14. The van der Waals surface area contributed by atoms with Crippen LogP contribution in [-0.2, 0) is 0 Å². The average Bonchev–Trinajstić information content (AvgIpc) is 2.62. The normalized spacial score (nSPS) is 10.9. The lowest BCUT2D eigenvalue weighted by Crippen LogP contribution is -2.14. The third-order valence-corrected chi connectivity index (χ3v) is 5.33. The van der Waals surface area contributed by atoms with Crippen LogP contribution in [0.4, 0.5) is 5.69 Å². The van der Waals surface area contributed by atoms with Crippen LogP contribution in [0.3, 0.4) is 0 Å². The molecule has 0 unspecified atom stereocenters. The maximum absolute atomic E-state index is 12.8. The summed E-state index contributed by atoms with van der Waals surface area (Å²) >= 11 is 1.57. The van der Waals surface area contributed by atoms with Gasteiger partial charge in [0.1, 0.15) is 0 Å². The highest BCUT2D eigenvalue weighted by molar-refractivity contribution is 7.24. The molecule has 0 aliphatic carbocycles. The van der Waals surface area contributed by atoms with Crippen LogP contribution in [0.2, 0.25) is 0 Å². The van der Waals surface area contributed by atoms with Crippen molar-refractivity contribution in [3.63, 3.8) is 0 Å². The van der Waals surface area contributed by atoms with E-state index in [4.69, 9.17) is 0 Å². The van der Waals surface area contributed by atoms with Crippen LogP contribution in [0, 0.1) is 6.92 Å². The van der Waals surface area contributed by atoms with Gasteiger partial charge in [-0.1, -0.05) is 30.3 Å². The summed E-state index contributed by atoms with van der Waals surface area (Å²) in [7, 11) is 0. The van der Waals surface area contributed by atoms with Crippen LogP contribution < -0.4 is 10.7 Å². The number of para-hydroxylation sites is 1. The van der Waals surface area contributed by atoms with Gasteiger partial charge in [0, 0.05) is 31.4 Å². The van der Waals surface area contributed by atoms with Gasteiger partial charge >= 0.3 is 0 Å². The van der Waals surface area contributed by atoms with Crippen molar-refractivity contribution in [1.29, 1.82) is 0 Å². The minimum atomic E-state index is -0.205. The Morgan fingerprint density at radius 1 is 0.880 bits per heavy atom. The van der Waals surface area contributed by atoms with Crippen molar-refractivity contribution in [2.24, 2.45) is 0 Å². The number of aryl methyl sites for hydroxylation is 1. The molecule has 0 aliphatic heterocycles. The summed E-state index contributed by atoms with van der Waals surface area (Å²) in [6, 6.07) is 20.5. The van der Waals surface area contributed by atoms with Gasteiger partial charge in [0.15, 0.2) is 5.43 Å². The zero-order chi connectivity index (χ0) is 17.4. The molecule has 0 aliphatic rings. The Balaban J connectivity index is 1.86. The molecular weight excluding hydrogens is 330 g/mol. The summed E-state index contributed by atoms with van der Waals surface area (Å²) < 4.78 is 1.86. The number of rotatable bonds is 2. The van der Waals surface area contributed by atoms with Crippen molar-refractivity contribution in [2.45, 2.75) is 6.92 Å². The standard InChI is InChI=1S/C21H15NO2S/c1-13-11-19-17(20(23)15-9-5-6-10-18(15)25-19)12-16(13)21(24)22-14-7-3-2-4-8-14/h2-12H,1H3,(H,22,24). The fourth-order valence-corrected chi connectivity index (χ4v) is 4.07. The third-order valence-electron chi connectivity index (χ3n) is 4.20. The van der Waals surface area contributed by atoms with Gasteiger partial charge in [0.05, 0.1) is 0 Å². The lowest BCUT2D eigenvalue weighted by atomic mass is 10.0. The molecular formula is C21H15NO2S. The lowest BCUT2D eigenvalue weighted by molar-refractivity contribution is 0.102. The first kappa shape index (κ1) is 15.5. The number of amides is 1. The Hall–Kier alpha value is -2.98. The number of fused-ring (bicyclic) bond motifs is 2. The highest BCUT2D eigenvalue weighted by Crippen LogP contribution is 2.27. The number of hydrogen-bond acceptors (Lipinski definition) is 3. The van der Waals surface area contributed by atoms with Gasteiger partial charge in [-0.15, -0.1) is 11.3 Å². The first-order valence-corrected chi connectivity index (χ1v) is 8.78. The van der Waals surface area contributed by atoms with Crippen molar-refractivity contribution >= 4 is 43.1 Å². The second-order valence-electron chi connectivity index (χ2n) is 5.91. The second-order valence-corrected chi connectivity index (χ2v) is 6.99. The minimum absolute atomic E-state index is 0.0295. The molecule has 0 bridgehead atoms. The van der Waals surface area contributed by atoms with Crippen LogP contribution >= 0.6 is 11.3 Å². The van der Waals surface area contributed by atoms with E-state index >= 15 is 0 Å². The summed E-state index contributed by atoms with van der Waals surface area (Å²) in [4.78, 5) is 25.5. The Morgan fingerprint density at radius 3 is 2.40 bits per heavy atom. The van der Waals surface area contributed by atoms with Gasteiger partial charge in [0.2, 0.25) is 0 Å². The van der Waals surface area contributed by atoms with E-state index in [1.165, 1.54) is 0 Å². The molecule has 0 saturated carbocycles. The molecule has 1 N–H and O–H groups in total. The van der Waals surface area contributed by atoms with E-state index in [1.807, 2.05) is 67.6 Å². The van der Waals surface area contributed by atoms with Gasteiger partial charge in [-0.2, -0.15) is 0 Å². The molecule has 4 rings (SSSR count). The van der Waals surface area contributed by atoms with Crippen molar-refractivity contribution in [3.05, 3.63) is 88.1 Å². The molecule has 3 nitrogen and oxygen atoms in total. The van der Waals surface area contributed by atoms with Crippen molar-refractivity contribution in [3.8, 4) is 0 Å². The fraction of sp³-hybridized carbons (Fsp3) is 0.0476. The highest BCUT2D eigenvalue weighted by atomic mass is 32.1. The average molecular weight is 345 g/mol. The summed E-state index contributed by atoms with van der Waals surface area (Å²) in [5.41, 5.74) is 2.08. The number of nitrogens with one attached hydrogen (secondary N) is 1. The monoisotopic (exact) mass is 345 g/mol. The fourth-order valence-electron chi connectivity index (χ4n) is 2.91. The van der Waals surface area contributed by atoms with E-state index < -0.39 is 0 Å². The minimum Gasteiger partial charge on any atom is -0.322 e. The number of hydrogen-bond donors (Lipinski definition) is 1. The molecule has 1 aromatic heterocycles. The topological polar surface area (TPSA) is 46.2 Å². The molecule has 0 fully saturated rings. The third kappa shape index (κ3) is 2.81. The van der Waals surface area contributed by atoms with E-state index in [2.05, 4.69) is 5.32 Å². The quantitative estimate of drug-likeness (QED) is 0.521. The molecule has 3 aromatic carbocycles. The van der Waals surface area contributed by atoms with Crippen molar-refractivity contribution in [2.75, 3.05) is 5.32 Å². The summed E-state index contributed by atoms with van der Waals surface area (Å²) in [6.07, 6.45) is 0. The van der Waals surface area contributed by atoms with Gasteiger partial charge in [-0.05, 0) is 48.9 Å². The number of carbonyl (C=O) groups excluding carboxylic acids is 1. The zero-order valence-electron chi connectivity index (χ0n) is 13.6. The van der Waals surface area contributed by atoms with Crippen LogP contribution in [0.15, 0.2) is 71.5 Å². The van der Waals surface area contributed by atoms with Crippen LogP contribution in [0.25, 0.3) is 20.2 Å².